The van der Waals surface area contributed by atoms with Crippen LogP contribution in [0.5, 0.6) is 0 Å². The fourth-order valence-electron chi connectivity index (χ4n) is 1.49. The molecule has 0 radical (unpaired) electrons. The summed E-state index contributed by atoms with van der Waals surface area (Å²) in [5.74, 6) is 0.199. The van der Waals surface area contributed by atoms with Crippen molar-refractivity contribution in [1.82, 2.24) is 19.9 Å². The van der Waals surface area contributed by atoms with Gasteiger partial charge in [0.25, 0.3) is 0 Å². The number of nitrogen functional groups attached to an aromatic ring is 1. The van der Waals surface area contributed by atoms with Crippen molar-refractivity contribution in [2.75, 3.05) is 5.73 Å². The van der Waals surface area contributed by atoms with Crippen LogP contribution in [-0.2, 0) is 0 Å². The molecule has 3 aromatic rings. The van der Waals surface area contributed by atoms with Gasteiger partial charge < -0.3 is 10.2 Å². The third-order valence-corrected chi connectivity index (χ3v) is 2.39. The zero-order valence-corrected chi connectivity index (χ0v) is 9.22. The van der Waals surface area contributed by atoms with Gasteiger partial charge in [-0.15, -0.1) is 0 Å². The second-order valence-electron chi connectivity index (χ2n) is 3.31. The first kappa shape index (κ1) is 9.98. The minimum absolute atomic E-state index is 0.144. The number of nitrogens with zero attached hydrogens (tertiary/aromatic N) is 4. The number of nitrogens with two attached hydrogens (primary N) is 1. The summed E-state index contributed by atoms with van der Waals surface area (Å²) in [6.07, 6.45) is 4.64. The molecule has 7 heteroatoms. The predicted octanol–water partition coefficient (Wildman–Crippen LogP) is 1.92. The van der Waals surface area contributed by atoms with Gasteiger partial charge in [-0.3, -0.25) is 0 Å². The van der Waals surface area contributed by atoms with Gasteiger partial charge in [-0.05, 0) is 11.6 Å². The zero-order chi connectivity index (χ0) is 11.8. The highest BCUT2D eigenvalue weighted by molar-refractivity contribution is 6.28. The van der Waals surface area contributed by atoms with Crippen LogP contribution < -0.4 is 5.73 Å². The van der Waals surface area contributed by atoms with E-state index in [2.05, 4.69) is 19.9 Å². The number of anilines is 1. The number of furan rings is 1. The molecule has 3 rings (SSSR count). The lowest BCUT2D eigenvalue weighted by atomic mass is 10.2. The van der Waals surface area contributed by atoms with Crippen LogP contribution >= 0.6 is 11.6 Å². The van der Waals surface area contributed by atoms with Crippen molar-refractivity contribution in [3.63, 3.8) is 0 Å². The van der Waals surface area contributed by atoms with Crippen molar-refractivity contribution in [1.29, 1.82) is 0 Å². The Balaban J connectivity index is 2.28. The molecule has 0 saturated heterocycles. The second kappa shape index (κ2) is 3.67. The van der Waals surface area contributed by atoms with E-state index in [-0.39, 0.29) is 11.2 Å². The van der Waals surface area contributed by atoms with Gasteiger partial charge >= 0.3 is 0 Å². The molecule has 0 bridgehead atoms. The van der Waals surface area contributed by atoms with Crippen molar-refractivity contribution >= 4 is 28.6 Å². The predicted molar refractivity (Wildman–Crippen MR) is 62.3 cm³/mol. The van der Waals surface area contributed by atoms with E-state index in [1.807, 2.05) is 0 Å². The Morgan fingerprint density at radius 3 is 2.71 bits per heavy atom. The van der Waals surface area contributed by atoms with E-state index >= 15 is 0 Å². The van der Waals surface area contributed by atoms with E-state index in [4.69, 9.17) is 21.8 Å². The third-order valence-electron chi connectivity index (χ3n) is 2.22. The Hall–Kier alpha value is -2.21. The van der Waals surface area contributed by atoms with Crippen LogP contribution in [0.1, 0.15) is 0 Å². The van der Waals surface area contributed by atoms with Crippen LogP contribution in [-0.4, -0.2) is 19.9 Å². The summed E-state index contributed by atoms with van der Waals surface area (Å²) in [6, 6.07) is 1.71. The van der Waals surface area contributed by atoms with Crippen molar-refractivity contribution in [2.24, 2.45) is 0 Å². The average Bonchev–Trinajstić information content (AvgIpc) is 2.77. The molecular formula is C10H6ClN5O. The maximum atomic E-state index is 5.83. The molecule has 84 valence electrons. The van der Waals surface area contributed by atoms with Crippen molar-refractivity contribution < 1.29 is 4.42 Å². The summed E-state index contributed by atoms with van der Waals surface area (Å²) in [5, 5.41) is 0.144. The van der Waals surface area contributed by atoms with E-state index < -0.39 is 0 Å². The van der Waals surface area contributed by atoms with E-state index in [1.54, 1.807) is 18.5 Å². The molecule has 0 aliphatic heterocycles. The van der Waals surface area contributed by atoms with Gasteiger partial charge in [-0.1, -0.05) is 0 Å². The van der Waals surface area contributed by atoms with E-state index in [1.165, 1.54) is 6.26 Å². The molecule has 0 atom stereocenters. The van der Waals surface area contributed by atoms with Crippen molar-refractivity contribution in [3.05, 3.63) is 30.0 Å². The topological polar surface area (TPSA) is 90.7 Å². The Morgan fingerprint density at radius 1 is 1.18 bits per heavy atom. The zero-order valence-electron chi connectivity index (χ0n) is 8.46. The van der Waals surface area contributed by atoms with Crippen molar-refractivity contribution in [3.8, 4) is 11.3 Å². The summed E-state index contributed by atoms with van der Waals surface area (Å²) in [6.45, 7) is 0. The van der Waals surface area contributed by atoms with Crippen LogP contribution in [0.3, 0.4) is 0 Å². The molecule has 6 nitrogen and oxygen atoms in total. The van der Waals surface area contributed by atoms with Gasteiger partial charge in [0.2, 0.25) is 11.2 Å². The minimum Gasteiger partial charge on any atom is -0.460 e. The quantitative estimate of drug-likeness (QED) is 0.661. The van der Waals surface area contributed by atoms with Crippen molar-refractivity contribution in [2.45, 2.75) is 0 Å². The van der Waals surface area contributed by atoms with Gasteiger partial charge in [0.05, 0.1) is 6.26 Å². The Bertz CT molecular complexity index is 679. The highest BCUT2D eigenvalue weighted by Crippen LogP contribution is 2.27. The SMILES string of the molecule is Nc1ncc(-c2nc(Cl)nc3ccoc23)cn1. The molecule has 0 unspecified atom stereocenters. The maximum absolute atomic E-state index is 5.83. The van der Waals surface area contributed by atoms with Gasteiger partial charge in [0.15, 0.2) is 5.58 Å². The number of hydrogen-bond donors (Lipinski definition) is 1. The molecule has 0 amide bonds. The Labute approximate surface area is 100 Å². The molecule has 3 aromatic heterocycles. The fourth-order valence-corrected chi connectivity index (χ4v) is 1.67. The lowest BCUT2D eigenvalue weighted by Gasteiger charge is -2.01. The van der Waals surface area contributed by atoms with E-state index in [9.17, 15) is 0 Å². The number of aromatic nitrogens is 4. The molecule has 3 heterocycles. The normalized spacial score (nSPS) is 10.9. The molecular weight excluding hydrogens is 242 g/mol. The summed E-state index contributed by atoms with van der Waals surface area (Å²) >= 11 is 5.83. The first-order chi connectivity index (χ1) is 8.24. The lowest BCUT2D eigenvalue weighted by Crippen LogP contribution is -1.95. The molecule has 0 saturated carbocycles. The first-order valence-electron chi connectivity index (χ1n) is 4.72. The number of halogens is 1. The van der Waals surface area contributed by atoms with Crippen LogP contribution in [0.25, 0.3) is 22.4 Å². The Kier molecular flexibility index (Phi) is 2.15. The number of rotatable bonds is 1. The second-order valence-corrected chi connectivity index (χ2v) is 3.64. The monoisotopic (exact) mass is 247 g/mol. The van der Waals surface area contributed by atoms with Gasteiger partial charge in [0, 0.05) is 24.0 Å². The molecule has 0 fully saturated rings. The van der Waals surface area contributed by atoms with E-state index in [0.717, 1.165) is 0 Å². The standard InChI is InChI=1S/C10H6ClN5O/c11-9-15-6-1-2-17-8(6)7(16-9)5-3-13-10(12)14-4-5/h1-4H,(H2,12,13,14). The average molecular weight is 248 g/mol. The molecule has 0 aromatic carbocycles. The van der Waals surface area contributed by atoms with E-state index in [0.29, 0.717) is 22.4 Å². The summed E-state index contributed by atoms with van der Waals surface area (Å²) in [7, 11) is 0. The van der Waals surface area contributed by atoms with Crippen LogP contribution in [0.15, 0.2) is 29.1 Å². The van der Waals surface area contributed by atoms with Gasteiger partial charge in [0.1, 0.15) is 11.2 Å². The molecule has 17 heavy (non-hydrogen) atoms. The first-order valence-corrected chi connectivity index (χ1v) is 5.10. The maximum Gasteiger partial charge on any atom is 0.223 e. The smallest absolute Gasteiger partial charge is 0.223 e. The van der Waals surface area contributed by atoms with Crippen LogP contribution in [0.4, 0.5) is 5.95 Å². The molecule has 0 aliphatic rings. The third kappa shape index (κ3) is 1.68. The highest BCUT2D eigenvalue weighted by Gasteiger charge is 2.12. The Morgan fingerprint density at radius 2 is 1.94 bits per heavy atom. The van der Waals surface area contributed by atoms with Crippen LogP contribution in [0.2, 0.25) is 5.28 Å². The molecule has 0 spiro atoms. The molecule has 2 N–H and O–H groups in total. The number of fused-ring (bicyclic) bond motifs is 1. The van der Waals surface area contributed by atoms with Gasteiger partial charge in [-0.2, -0.15) is 0 Å². The number of hydrogen-bond acceptors (Lipinski definition) is 6. The summed E-state index contributed by atoms with van der Waals surface area (Å²) < 4.78 is 5.32. The van der Waals surface area contributed by atoms with Gasteiger partial charge in [-0.25, -0.2) is 19.9 Å². The minimum atomic E-state index is 0.144. The highest BCUT2D eigenvalue weighted by atomic mass is 35.5. The fraction of sp³-hybridized carbons (Fsp3) is 0. The molecule has 0 aliphatic carbocycles. The van der Waals surface area contributed by atoms with Crippen LogP contribution in [0, 0.1) is 0 Å². The largest absolute Gasteiger partial charge is 0.460 e. The lowest BCUT2D eigenvalue weighted by molar-refractivity contribution is 0.615. The summed E-state index contributed by atoms with van der Waals surface area (Å²) in [4.78, 5) is 15.9. The summed E-state index contributed by atoms with van der Waals surface area (Å²) in [5.41, 5.74) is 7.82.